The van der Waals surface area contributed by atoms with Gasteiger partial charge in [-0.25, -0.2) is 0 Å². The number of amides is 2. The Labute approximate surface area is 129 Å². The number of methoxy groups -OCH3 is 1. The third kappa shape index (κ3) is 3.29. The van der Waals surface area contributed by atoms with Crippen LogP contribution in [0.2, 0.25) is 5.02 Å². The van der Waals surface area contributed by atoms with Gasteiger partial charge in [-0.2, -0.15) is 0 Å². The van der Waals surface area contributed by atoms with E-state index in [0.717, 1.165) is 6.42 Å². The van der Waals surface area contributed by atoms with Crippen LogP contribution in [-0.2, 0) is 4.79 Å². The van der Waals surface area contributed by atoms with E-state index in [4.69, 9.17) is 16.3 Å². The molecule has 1 saturated heterocycles. The van der Waals surface area contributed by atoms with E-state index in [1.165, 1.54) is 7.11 Å². The van der Waals surface area contributed by atoms with Crippen molar-refractivity contribution in [2.45, 2.75) is 25.8 Å². The van der Waals surface area contributed by atoms with Gasteiger partial charge < -0.3 is 15.0 Å². The molecule has 2 amide bonds. The molecule has 0 bridgehead atoms. The first-order chi connectivity index (χ1) is 10.1. The predicted molar refractivity (Wildman–Crippen MR) is 80.7 cm³/mol. The topological polar surface area (TPSA) is 58.6 Å². The second-order valence-electron chi connectivity index (χ2n) is 4.91. The van der Waals surface area contributed by atoms with Crippen LogP contribution in [-0.4, -0.2) is 43.0 Å². The van der Waals surface area contributed by atoms with Gasteiger partial charge in [0.2, 0.25) is 5.91 Å². The van der Waals surface area contributed by atoms with Crippen molar-refractivity contribution in [3.8, 4) is 5.75 Å². The lowest BCUT2D eigenvalue weighted by molar-refractivity contribution is -0.124. The maximum Gasteiger partial charge on any atom is 0.258 e. The minimum atomic E-state index is -0.455. The number of rotatable bonds is 3. The van der Waals surface area contributed by atoms with E-state index in [9.17, 15) is 9.59 Å². The summed E-state index contributed by atoms with van der Waals surface area (Å²) in [4.78, 5) is 26.5. The maximum absolute atomic E-state index is 12.8. The van der Waals surface area contributed by atoms with Crippen LogP contribution in [0.1, 0.15) is 30.1 Å². The van der Waals surface area contributed by atoms with Crippen LogP contribution >= 0.6 is 11.6 Å². The molecule has 0 aromatic heterocycles. The smallest absolute Gasteiger partial charge is 0.258 e. The van der Waals surface area contributed by atoms with Gasteiger partial charge in [0.1, 0.15) is 11.8 Å². The third-order valence-corrected chi connectivity index (χ3v) is 3.83. The Morgan fingerprint density at radius 3 is 2.95 bits per heavy atom. The van der Waals surface area contributed by atoms with Crippen molar-refractivity contribution in [2.75, 3.05) is 20.2 Å². The minimum Gasteiger partial charge on any atom is -0.496 e. The first kappa shape index (κ1) is 15.6. The van der Waals surface area contributed by atoms with Crippen LogP contribution in [0.5, 0.6) is 5.75 Å². The molecule has 0 saturated carbocycles. The maximum atomic E-state index is 12.8. The zero-order chi connectivity index (χ0) is 15.4. The van der Waals surface area contributed by atoms with E-state index >= 15 is 0 Å². The van der Waals surface area contributed by atoms with Crippen LogP contribution in [0, 0.1) is 0 Å². The normalized spacial score (nSPS) is 18.9. The molecule has 1 atom stereocenters. The van der Waals surface area contributed by atoms with Crippen LogP contribution in [0.4, 0.5) is 0 Å². The van der Waals surface area contributed by atoms with Crippen molar-refractivity contribution in [3.05, 3.63) is 28.8 Å². The van der Waals surface area contributed by atoms with Crippen molar-refractivity contribution in [1.82, 2.24) is 10.2 Å². The number of hydrogen-bond donors (Lipinski definition) is 1. The highest BCUT2D eigenvalue weighted by Crippen LogP contribution is 2.25. The summed E-state index contributed by atoms with van der Waals surface area (Å²) in [6.45, 7) is 3.02. The van der Waals surface area contributed by atoms with Gasteiger partial charge >= 0.3 is 0 Å². The van der Waals surface area contributed by atoms with Crippen LogP contribution in [0.3, 0.4) is 0 Å². The average molecular weight is 311 g/mol. The number of nitrogens with one attached hydrogen (secondary N) is 1. The Hall–Kier alpha value is -1.75. The zero-order valence-electron chi connectivity index (χ0n) is 12.2. The molecule has 1 aromatic rings. The Morgan fingerprint density at radius 1 is 1.52 bits per heavy atom. The molecule has 21 heavy (non-hydrogen) atoms. The Morgan fingerprint density at radius 2 is 2.29 bits per heavy atom. The summed E-state index contributed by atoms with van der Waals surface area (Å²) < 4.78 is 5.23. The van der Waals surface area contributed by atoms with E-state index in [1.807, 2.05) is 6.92 Å². The largest absolute Gasteiger partial charge is 0.496 e. The van der Waals surface area contributed by atoms with Gasteiger partial charge in [-0.05, 0) is 31.0 Å². The average Bonchev–Trinajstić information content (AvgIpc) is 2.67. The summed E-state index contributed by atoms with van der Waals surface area (Å²) in [6.07, 6.45) is 1.30. The van der Waals surface area contributed by atoms with E-state index in [1.54, 1.807) is 23.1 Å². The molecule has 1 aromatic carbocycles. The number of carbonyl (C=O) groups is 2. The van der Waals surface area contributed by atoms with Crippen molar-refractivity contribution >= 4 is 23.4 Å². The van der Waals surface area contributed by atoms with Gasteiger partial charge in [0, 0.05) is 18.1 Å². The van der Waals surface area contributed by atoms with Crippen molar-refractivity contribution < 1.29 is 14.3 Å². The Kier molecular flexibility index (Phi) is 5.07. The van der Waals surface area contributed by atoms with E-state index in [2.05, 4.69) is 5.32 Å². The number of halogens is 1. The van der Waals surface area contributed by atoms with Crippen LogP contribution < -0.4 is 10.1 Å². The molecule has 114 valence electrons. The zero-order valence-corrected chi connectivity index (χ0v) is 12.9. The monoisotopic (exact) mass is 310 g/mol. The SMILES string of the molecule is CC[C@@H]1C(=O)NCCCN1C(=O)c1cc(Cl)ccc1OC. The highest BCUT2D eigenvalue weighted by Gasteiger charge is 2.31. The number of hydrogen-bond acceptors (Lipinski definition) is 3. The second kappa shape index (κ2) is 6.80. The molecule has 0 aliphatic carbocycles. The van der Waals surface area contributed by atoms with Gasteiger partial charge in [0.25, 0.3) is 5.91 Å². The summed E-state index contributed by atoms with van der Waals surface area (Å²) in [5, 5.41) is 3.30. The standard InChI is InChI=1S/C15H19ClN2O3/c1-3-12-14(19)17-7-4-8-18(12)15(20)11-9-10(16)5-6-13(11)21-2/h5-6,9,12H,3-4,7-8H2,1-2H3,(H,17,19)/t12-/m1/s1. The summed E-state index contributed by atoms with van der Waals surface area (Å²) in [5.41, 5.74) is 0.387. The number of carbonyl (C=O) groups excluding carboxylic acids is 2. The summed E-state index contributed by atoms with van der Waals surface area (Å²) in [6, 6.07) is 4.46. The molecule has 0 unspecified atom stereocenters. The van der Waals surface area contributed by atoms with E-state index in [0.29, 0.717) is 35.8 Å². The van der Waals surface area contributed by atoms with Gasteiger partial charge in [0.05, 0.1) is 12.7 Å². The quantitative estimate of drug-likeness (QED) is 0.930. The summed E-state index contributed by atoms with van der Waals surface area (Å²) in [7, 11) is 1.51. The van der Waals surface area contributed by atoms with E-state index < -0.39 is 6.04 Å². The lowest BCUT2D eigenvalue weighted by Crippen LogP contribution is -2.46. The molecule has 6 heteroatoms. The van der Waals surface area contributed by atoms with Gasteiger partial charge in [-0.3, -0.25) is 9.59 Å². The molecule has 1 N–H and O–H groups in total. The van der Waals surface area contributed by atoms with E-state index in [-0.39, 0.29) is 11.8 Å². The molecular formula is C15H19ClN2O3. The molecular weight excluding hydrogens is 292 g/mol. The molecule has 1 fully saturated rings. The third-order valence-electron chi connectivity index (χ3n) is 3.59. The molecule has 5 nitrogen and oxygen atoms in total. The molecule has 1 aliphatic heterocycles. The predicted octanol–water partition coefficient (Wildman–Crippen LogP) is 2.09. The lowest BCUT2D eigenvalue weighted by atomic mass is 10.1. The summed E-state index contributed by atoms with van der Waals surface area (Å²) >= 11 is 5.98. The molecule has 2 rings (SSSR count). The molecule has 1 heterocycles. The van der Waals surface area contributed by atoms with Gasteiger partial charge in [-0.15, -0.1) is 0 Å². The van der Waals surface area contributed by atoms with Crippen molar-refractivity contribution in [2.24, 2.45) is 0 Å². The van der Waals surface area contributed by atoms with Crippen LogP contribution in [0.15, 0.2) is 18.2 Å². The van der Waals surface area contributed by atoms with Crippen LogP contribution in [0.25, 0.3) is 0 Å². The van der Waals surface area contributed by atoms with Crippen molar-refractivity contribution in [1.29, 1.82) is 0 Å². The highest BCUT2D eigenvalue weighted by atomic mass is 35.5. The first-order valence-electron chi connectivity index (χ1n) is 7.00. The molecule has 0 radical (unpaired) electrons. The number of benzene rings is 1. The van der Waals surface area contributed by atoms with Crippen molar-refractivity contribution in [3.63, 3.8) is 0 Å². The number of nitrogens with zero attached hydrogens (tertiary/aromatic N) is 1. The summed E-state index contributed by atoms with van der Waals surface area (Å²) in [5.74, 6) is 0.131. The fourth-order valence-corrected chi connectivity index (χ4v) is 2.70. The van der Waals surface area contributed by atoms with Gasteiger partial charge in [0.15, 0.2) is 0 Å². The fourth-order valence-electron chi connectivity index (χ4n) is 2.53. The Balaban J connectivity index is 2.37. The lowest BCUT2D eigenvalue weighted by Gasteiger charge is -2.28. The Bertz CT molecular complexity index is 548. The molecule has 0 spiro atoms. The highest BCUT2D eigenvalue weighted by molar-refractivity contribution is 6.31. The van der Waals surface area contributed by atoms with Gasteiger partial charge in [-0.1, -0.05) is 18.5 Å². The minimum absolute atomic E-state index is 0.107. The number of ether oxygens (including phenoxy) is 1. The molecule has 1 aliphatic rings. The fraction of sp³-hybridized carbons (Fsp3) is 0.467. The first-order valence-corrected chi connectivity index (χ1v) is 7.38. The second-order valence-corrected chi connectivity index (χ2v) is 5.35.